The second kappa shape index (κ2) is 7.61. The van der Waals surface area contributed by atoms with Gasteiger partial charge in [0.1, 0.15) is 5.82 Å². The number of amides is 1. The van der Waals surface area contributed by atoms with Crippen LogP contribution in [0.15, 0.2) is 57.0 Å². The Morgan fingerprint density at radius 2 is 1.93 bits per heavy atom. The number of nitrogens with one attached hydrogen (secondary N) is 3. The van der Waals surface area contributed by atoms with E-state index in [1.807, 2.05) is 5.38 Å². The first-order valence-corrected chi connectivity index (χ1v) is 10.1. The number of imidazole rings is 1. The van der Waals surface area contributed by atoms with E-state index in [-0.39, 0.29) is 22.7 Å². The molecule has 0 aliphatic carbocycles. The van der Waals surface area contributed by atoms with Crippen molar-refractivity contribution in [3.05, 3.63) is 64.1 Å². The van der Waals surface area contributed by atoms with E-state index in [0.29, 0.717) is 16.7 Å². The summed E-state index contributed by atoms with van der Waals surface area (Å²) in [4.78, 5) is 33.7. The summed E-state index contributed by atoms with van der Waals surface area (Å²) in [5.74, 6) is -0.457. The van der Waals surface area contributed by atoms with Crippen molar-refractivity contribution < 1.29 is 9.18 Å². The van der Waals surface area contributed by atoms with Crippen molar-refractivity contribution in [2.45, 2.75) is 16.5 Å². The number of fused-ring (bicyclic) bond motifs is 1. The highest BCUT2D eigenvalue weighted by molar-refractivity contribution is 8.02. The first-order valence-electron chi connectivity index (χ1n) is 8.39. The monoisotopic (exact) mass is 414 g/mol. The largest absolute Gasteiger partial charge is 0.325 e. The lowest BCUT2D eigenvalue weighted by molar-refractivity contribution is -0.115. The summed E-state index contributed by atoms with van der Waals surface area (Å²) in [6.45, 7) is 1.80. The predicted molar refractivity (Wildman–Crippen MR) is 110 cm³/mol. The number of hydrogen-bond donors (Lipinski definition) is 3. The van der Waals surface area contributed by atoms with Crippen LogP contribution in [0.2, 0.25) is 0 Å². The van der Waals surface area contributed by atoms with Crippen molar-refractivity contribution in [1.29, 1.82) is 0 Å². The minimum atomic E-state index is -0.367. The van der Waals surface area contributed by atoms with Gasteiger partial charge >= 0.3 is 5.69 Å². The van der Waals surface area contributed by atoms with Gasteiger partial charge in [-0.15, -0.1) is 11.3 Å². The molecular formula is C19H15FN4O2S2. The van der Waals surface area contributed by atoms with Crippen LogP contribution in [0.25, 0.3) is 22.3 Å². The molecule has 1 unspecified atom stereocenters. The fourth-order valence-corrected chi connectivity index (χ4v) is 4.59. The zero-order valence-electron chi connectivity index (χ0n) is 14.7. The number of carbonyl (C=O) groups is 1. The maximum Gasteiger partial charge on any atom is 0.323 e. The highest BCUT2D eigenvalue weighted by Gasteiger charge is 2.17. The average Bonchev–Trinajstić information content (AvgIpc) is 3.27. The van der Waals surface area contributed by atoms with Gasteiger partial charge in [-0.1, -0.05) is 11.8 Å². The van der Waals surface area contributed by atoms with E-state index in [4.69, 9.17) is 0 Å². The fourth-order valence-electron chi connectivity index (χ4n) is 2.62. The smallest absolute Gasteiger partial charge is 0.323 e. The van der Waals surface area contributed by atoms with Gasteiger partial charge in [0, 0.05) is 16.6 Å². The minimum Gasteiger partial charge on any atom is -0.325 e. The van der Waals surface area contributed by atoms with Gasteiger partial charge in [-0.05, 0) is 49.4 Å². The molecule has 0 spiro atoms. The second-order valence-electron chi connectivity index (χ2n) is 6.09. The summed E-state index contributed by atoms with van der Waals surface area (Å²) in [6, 6.07) is 11.3. The number of aromatic amines is 2. The quantitative estimate of drug-likeness (QED) is 0.426. The fraction of sp³-hybridized carbons (Fsp3) is 0.105. The van der Waals surface area contributed by atoms with Gasteiger partial charge in [-0.3, -0.25) is 4.79 Å². The van der Waals surface area contributed by atoms with Crippen molar-refractivity contribution in [2.24, 2.45) is 0 Å². The number of carbonyl (C=O) groups excluding carboxylic acids is 1. The van der Waals surface area contributed by atoms with Crippen molar-refractivity contribution >= 4 is 45.7 Å². The zero-order chi connectivity index (χ0) is 19.7. The van der Waals surface area contributed by atoms with Crippen LogP contribution < -0.4 is 11.0 Å². The molecule has 3 N–H and O–H groups in total. The lowest BCUT2D eigenvalue weighted by atomic mass is 10.2. The van der Waals surface area contributed by atoms with E-state index in [9.17, 15) is 14.0 Å². The third kappa shape index (κ3) is 4.00. The first-order chi connectivity index (χ1) is 13.5. The van der Waals surface area contributed by atoms with Crippen LogP contribution in [0.4, 0.5) is 10.1 Å². The number of anilines is 1. The number of thioether (sulfide) groups is 1. The van der Waals surface area contributed by atoms with Crippen LogP contribution in [0.5, 0.6) is 0 Å². The molecule has 4 rings (SSSR count). The molecule has 9 heteroatoms. The van der Waals surface area contributed by atoms with Gasteiger partial charge in [0.2, 0.25) is 5.91 Å². The highest BCUT2D eigenvalue weighted by atomic mass is 32.2. The molecule has 0 saturated carbocycles. The van der Waals surface area contributed by atoms with E-state index in [0.717, 1.165) is 15.6 Å². The number of halogens is 1. The van der Waals surface area contributed by atoms with Crippen molar-refractivity contribution in [3.63, 3.8) is 0 Å². The van der Waals surface area contributed by atoms with Crippen LogP contribution >= 0.6 is 23.1 Å². The molecule has 1 atom stereocenters. The number of hydrogen-bond acceptors (Lipinski definition) is 5. The second-order valence-corrected chi connectivity index (χ2v) is 8.54. The molecule has 0 radical (unpaired) electrons. The summed E-state index contributed by atoms with van der Waals surface area (Å²) in [6.07, 6.45) is 0. The van der Waals surface area contributed by atoms with Crippen LogP contribution in [-0.4, -0.2) is 26.1 Å². The number of nitrogens with zero attached hydrogens (tertiary/aromatic N) is 1. The topological polar surface area (TPSA) is 90.6 Å². The van der Waals surface area contributed by atoms with Gasteiger partial charge in [0.25, 0.3) is 0 Å². The zero-order valence-corrected chi connectivity index (χ0v) is 16.3. The number of thiazole rings is 1. The Hall–Kier alpha value is -2.91. The Morgan fingerprint density at radius 1 is 1.18 bits per heavy atom. The van der Waals surface area contributed by atoms with Crippen molar-refractivity contribution in [3.8, 4) is 11.3 Å². The Morgan fingerprint density at radius 3 is 2.71 bits per heavy atom. The molecule has 0 bridgehead atoms. The molecular weight excluding hydrogens is 399 g/mol. The van der Waals surface area contributed by atoms with E-state index in [1.54, 1.807) is 37.3 Å². The molecule has 0 aliphatic heterocycles. The summed E-state index contributed by atoms with van der Waals surface area (Å²) in [5, 5.41) is 4.37. The predicted octanol–water partition coefficient (Wildman–Crippen LogP) is 4.24. The van der Waals surface area contributed by atoms with Crippen LogP contribution in [0.3, 0.4) is 0 Å². The Bertz CT molecular complexity index is 1200. The van der Waals surface area contributed by atoms with E-state index in [1.165, 1.54) is 35.2 Å². The van der Waals surface area contributed by atoms with Gasteiger partial charge in [-0.25, -0.2) is 14.2 Å². The summed E-state index contributed by atoms with van der Waals surface area (Å²) >= 11 is 2.79. The summed E-state index contributed by atoms with van der Waals surface area (Å²) in [5.41, 5.74) is 3.21. The van der Waals surface area contributed by atoms with Crippen molar-refractivity contribution in [2.75, 3.05) is 5.32 Å². The van der Waals surface area contributed by atoms with Crippen LogP contribution in [0, 0.1) is 5.82 Å². The number of H-pyrrole nitrogens is 2. The molecule has 142 valence electrons. The average molecular weight is 414 g/mol. The molecule has 1 amide bonds. The molecule has 6 nitrogen and oxygen atoms in total. The third-order valence-corrected chi connectivity index (χ3v) is 6.13. The van der Waals surface area contributed by atoms with Crippen molar-refractivity contribution in [1.82, 2.24) is 15.0 Å². The van der Waals surface area contributed by atoms with Crippen LogP contribution in [0.1, 0.15) is 6.92 Å². The molecule has 0 saturated heterocycles. The lowest BCUT2D eigenvalue weighted by Crippen LogP contribution is -2.22. The minimum absolute atomic E-state index is 0.166. The summed E-state index contributed by atoms with van der Waals surface area (Å²) in [7, 11) is 0. The molecule has 2 aromatic carbocycles. The maximum atomic E-state index is 13.0. The molecule has 28 heavy (non-hydrogen) atoms. The first kappa shape index (κ1) is 18.5. The molecule has 2 aromatic heterocycles. The number of benzene rings is 2. The number of rotatable bonds is 5. The molecule has 0 aliphatic rings. The normalized spacial score (nSPS) is 12.2. The molecule has 4 aromatic rings. The van der Waals surface area contributed by atoms with Crippen LogP contribution in [-0.2, 0) is 4.79 Å². The SMILES string of the molecule is CC(Sc1nc(-c2ccc(F)cc2)cs1)C(=O)Nc1ccc2[nH]c(=O)[nH]c2c1. The Balaban J connectivity index is 1.42. The van der Waals surface area contributed by atoms with E-state index in [2.05, 4.69) is 20.3 Å². The number of aromatic nitrogens is 3. The van der Waals surface area contributed by atoms with Gasteiger partial charge in [0.05, 0.1) is 22.0 Å². The Labute approximate surface area is 167 Å². The summed E-state index contributed by atoms with van der Waals surface area (Å²) < 4.78 is 13.8. The lowest BCUT2D eigenvalue weighted by Gasteiger charge is -2.10. The van der Waals surface area contributed by atoms with E-state index >= 15 is 0 Å². The van der Waals surface area contributed by atoms with Gasteiger partial charge in [-0.2, -0.15) is 0 Å². The third-order valence-electron chi connectivity index (χ3n) is 4.05. The van der Waals surface area contributed by atoms with E-state index < -0.39 is 0 Å². The maximum absolute atomic E-state index is 13.0. The molecule has 0 fully saturated rings. The molecule has 2 heterocycles. The van der Waals surface area contributed by atoms with Gasteiger partial charge in [0.15, 0.2) is 4.34 Å². The highest BCUT2D eigenvalue weighted by Crippen LogP contribution is 2.31. The Kier molecular flexibility index (Phi) is 5.01. The standard InChI is InChI=1S/C19H15FN4O2S2/c1-10(17(25)21-13-6-7-14-15(8-13)23-18(26)22-14)28-19-24-16(9-27-19)11-2-4-12(20)5-3-11/h2-10H,1H3,(H,21,25)(H2,22,23,26). The van der Waals surface area contributed by atoms with Gasteiger partial charge < -0.3 is 15.3 Å².